The number of hydrogen-bond acceptors (Lipinski definition) is 3. The van der Waals surface area contributed by atoms with E-state index < -0.39 is 0 Å². The maximum atomic E-state index is 4.45. The Hall–Kier alpha value is -1.09. The quantitative estimate of drug-likeness (QED) is 0.886. The molecule has 3 nitrogen and oxygen atoms in total. The molecule has 2 heterocycles. The minimum atomic E-state index is 0.654. The van der Waals surface area contributed by atoms with Crippen LogP contribution in [-0.4, -0.2) is 24.1 Å². The molecule has 0 radical (unpaired) electrons. The summed E-state index contributed by atoms with van der Waals surface area (Å²) in [5.41, 5.74) is 3.83. The Morgan fingerprint density at radius 1 is 1.44 bits per heavy atom. The predicted molar refractivity (Wildman–Crippen MR) is 77.0 cm³/mol. The van der Waals surface area contributed by atoms with Crippen molar-refractivity contribution in [2.75, 3.05) is 18.0 Å². The molecule has 1 fully saturated rings. The Bertz CT molecular complexity index is 389. The van der Waals surface area contributed by atoms with Crippen LogP contribution in [0.25, 0.3) is 0 Å². The zero-order valence-corrected chi connectivity index (χ0v) is 11.9. The van der Waals surface area contributed by atoms with E-state index in [0.29, 0.717) is 6.04 Å². The molecule has 1 atom stereocenters. The lowest BCUT2D eigenvalue weighted by atomic mass is 10.0. The lowest BCUT2D eigenvalue weighted by Crippen LogP contribution is -2.38. The van der Waals surface area contributed by atoms with E-state index in [9.17, 15) is 0 Å². The number of nitrogens with zero attached hydrogens (tertiary/aromatic N) is 2. The molecular weight excluding hydrogens is 222 g/mol. The first-order valence-electron chi connectivity index (χ1n) is 7.15. The Morgan fingerprint density at radius 3 is 3.00 bits per heavy atom. The van der Waals surface area contributed by atoms with E-state index in [1.54, 1.807) is 0 Å². The summed E-state index contributed by atoms with van der Waals surface area (Å²) in [6, 6.07) is 2.90. The minimum Gasteiger partial charge on any atom is -0.368 e. The van der Waals surface area contributed by atoms with Crippen LogP contribution in [-0.2, 0) is 6.54 Å². The van der Waals surface area contributed by atoms with Crippen LogP contribution >= 0.6 is 0 Å². The lowest BCUT2D eigenvalue weighted by molar-refractivity contribution is 0.483. The van der Waals surface area contributed by atoms with Gasteiger partial charge in [-0.05, 0) is 45.7 Å². The maximum absolute atomic E-state index is 4.45. The van der Waals surface area contributed by atoms with Crippen molar-refractivity contribution >= 4 is 5.69 Å². The molecule has 2 rings (SSSR count). The number of aromatic nitrogens is 1. The molecule has 1 saturated heterocycles. The van der Waals surface area contributed by atoms with Crippen LogP contribution in [0.1, 0.15) is 44.4 Å². The summed E-state index contributed by atoms with van der Waals surface area (Å²) >= 11 is 0. The molecule has 1 aliphatic heterocycles. The number of aryl methyl sites for hydroxylation is 1. The Balaban J connectivity index is 2.25. The first-order chi connectivity index (χ1) is 8.72. The molecule has 0 saturated carbocycles. The molecule has 18 heavy (non-hydrogen) atoms. The van der Waals surface area contributed by atoms with Gasteiger partial charge in [-0.1, -0.05) is 6.92 Å². The van der Waals surface area contributed by atoms with Crippen LogP contribution in [0.3, 0.4) is 0 Å². The average molecular weight is 247 g/mol. The summed E-state index contributed by atoms with van der Waals surface area (Å²) in [5, 5.41) is 3.41. The Labute approximate surface area is 111 Å². The fourth-order valence-corrected chi connectivity index (χ4v) is 2.69. The number of pyridine rings is 1. The SMILES string of the molecule is CCNCc1cnc(C)cc1N1CCCCC1C. The van der Waals surface area contributed by atoms with Crippen molar-refractivity contribution in [2.24, 2.45) is 0 Å². The minimum absolute atomic E-state index is 0.654. The van der Waals surface area contributed by atoms with Gasteiger partial charge >= 0.3 is 0 Å². The molecule has 1 aliphatic rings. The van der Waals surface area contributed by atoms with Crippen molar-refractivity contribution < 1.29 is 0 Å². The van der Waals surface area contributed by atoms with Crippen LogP contribution in [0, 0.1) is 6.92 Å². The molecule has 1 N–H and O–H groups in total. The third-order valence-electron chi connectivity index (χ3n) is 3.78. The van der Waals surface area contributed by atoms with E-state index in [4.69, 9.17) is 0 Å². The largest absolute Gasteiger partial charge is 0.368 e. The van der Waals surface area contributed by atoms with Gasteiger partial charge < -0.3 is 10.2 Å². The highest BCUT2D eigenvalue weighted by molar-refractivity contribution is 5.54. The zero-order valence-electron chi connectivity index (χ0n) is 11.9. The van der Waals surface area contributed by atoms with Crippen molar-refractivity contribution in [2.45, 2.75) is 52.6 Å². The normalized spacial score (nSPS) is 20.2. The van der Waals surface area contributed by atoms with Gasteiger partial charge in [0, 0.05) is 42.3 Å². The Morgan fingerprint density at radius 2 is 2.28 bits per heavy atom. The van der Waals surface area contributed by atoms with Gasteiger partial charge in [0.1, 0.15) is 0 Å². The standard InChI is InChI=1S/C15H25N3/c1-4-16-10-14-11-17-12(2)9-15(14)18-8-6-5-7-13(18)3/h9,11,13,16H,4-8,10H2,1-3H3. The summed E-state index contributed by atoms with van der Waals surface area (Å²) in [7, 11) is 0. The fraction of sp³-hybridized carbons (Fsp3) is 0.667. The van der Waals surface area contributed by atoms with Crippen molar-refractivity contribution in [3.63, 3.8) is 0 Å². The number of piperidine rings is 1. The van der Waals surface area contributed by atoms with Gasteiger partial charge in [-0.3, -0.25) is 4.98 Å². The molecule has 0 bridgehead atoms. The number of anilines is 1. The topological polar surface area (TPSA) is 28.2 Å². The van der Waals surface area contributed by atoms with Crippen molar-refractivity contribution in [3.8, 4) is 0 Å². The van der Waals surface area contributed by atoms with Gasteiger partial charge in [-0.15, -0.1) is 0 Å². The predicted octanol–water partition coefficient (Wildman–Crippen LogP) is 2.88. The molecule has 0 aromatic carbocycles. The summed E-state index contributed by atoms with van der Waals surface area (Å²) in [6.45, 7) is 9.67. The van der Waals surface area contributed by atoms with Crippen molar-refractivity contribution in [1.29, 1.82) is 0 Å². The molecule has 1 aromatic heterocycles. The summed E-state index contributed by atoms with van der Waals surface area (Å²) in [4.78, 5) is 7.01. The van der Waals surface area contributed by atoms with Crippen LogP contribution in [0.2, 0.25) is 0 Å². The van der Waals surface area contributed by atoms with Crippen LogP contribution in [0.5, 0.6) is 0 Å². The van der Waals surface area contributed by atoms with Crippen LogP contribution < -0.4 is 10.2 Å². The smallest absolute Gasteiger partial charge is 0.0447 e. The van der Waals surface area contributed by atoms with Gasteiger partial charge in [0.05, 0.1) is 0 Å². The van der Waals surface area contributed by atoms with Gasteiger partial charge in [0.15, 0.2) is 0 Å². The summed E-state index contributed by atoms with van der Waals surface area (Å²) in [6.07, 6.45) is 6.02. The van der Waals surface area contributed by atoms with E-state index in [-0.39, 0.29) is 0 Å². The maximum Gasteiger partial charge on any atom is 0.0447 e. The first-order valence-corrected chi connectivity index (χ1v) is 7.15. The highest BCUT2D eigenvalue weighted by Gasteiger charge is 2.20. The number of rotatable bonds is 4. The van der Waals surface area contributed by atoms with Gasteiger partial charge in [-0.2, -0.15) is 0 Å². The second-order valence-electron chi connectivity index (χ2n) is 5.27. The monoisotopic (exact) mass is 247 g/mol. The zero-order chi connectivity index (χ0) is 13.0. The molecule has 0 spiro atoms. The highest BCUT2D eigenvalue weighted by Crippen LogP contribution is 2.28. The van der Waals surface area contributed by atoms with E-state index in [1.807, 2.05) is 6.20 Å². The average Bonchev–Trinajstić information content (AvgIpc) is 2.38. The second-order valence-corrected chi connectivity index (χ2v) is 5.27. The molecule has 1 aromatic rings. The Kier molecular flexibility index (Phi) is 4.59. The number of hydrogen-bond donors (Lipinski definition) is 1. The molecule has 3 heteroatoms. The van der Waals surface area contributed by atoms with Crippen molar-refractivity contribution in [1.82, 2.24) is 10.3 Å². The third kappa shape index (κ3) is 3.02. The molecule has 100 valence electrons. The van der Waals surface area contributed by atoms with Crippen LogP contribution in [0.4, 0.5) is 5.69 Å². The van der Waals surface area contributed by atoms with Crippen LogP contribution in [0.15, 0.2) is 12.3 Å². The molecular formula is C15H25N3. The molecule has 0 aliphatic carbocycles. The number of nitrogens with one attached hydrogen (secondary N) is 1. The van der Waals surface area contributed by atoms with E-state index >= 15 is 0 Å². The highest BCUT2D eigenvalue weighted by atomic mass is 15.2. The molecule has 1 unspecified atom stereocenters. The van der Waals surface area contributed by atoms with Gasteiger partial charge in [-0.25, -0.2) is 0 Å². The van der Waals surface area contributed by atoms with E-state index in [1.165, 1.54) is 37.1 Å². The lowest BCUT2D eigenvalue weighted by Gasteiger charge is -2.36. The third-order valence-corrected chi connectivity index (χ3v) is 3.78. The summed E-state index contributed by atoms with van der Waals surface area (Å²) in [5.74, 6) is 0. The fourth-order valence-electron chi connectivity index (χ4n) is 2.69. The second kappa shape index (κ2) is 6.19. The first kappa shape index (κ1) is 13.3. The van der Waals surface area contributed by atoms with E-state index in [0.717, 1.165) is 18.8 Å². The van der Waals surface area contributed by atoms with Crippen molar-refractivity contribution in [3.05, 3.63) is 23.5 Å². The van der Waals surface area contributed by atoms with Gasteiger partial charge in [0.25, 0.3) is 0 Å². The summed E-state index contributed by atoms with van der Waals surface area (Å²) < 4.78 is 0. The molecule has 0 amide bonds. The van der Waals surface area contributed by atoms with E-state index in [2.05, 4.69) is 42.0 Å². The van der Waals surface area contributed by atoms with Gasteiger partial charge in [0.2, 0.25) is 0 Å².